The van der Waals surface area contributed by atoms with Crippen LogP contribution in [0.25, 0.3) is 0 Å². The molecule has 0 saturated carbocycles. The molecular weight excluding hydrogens is 769 g/mol. The SMILES string of the molecule is CC(C)(C)OC(=O)CN1CCN(CC(=O)OC(C)(C)C)CCN(CC(=O)OC(C)(C)C)[C@@H](Cc2ccc(CCCCCCC(=O)O)cc2)CN(CC(=O)OC(C)(C)C)CC1. The molecule has 14 nitrogen and oxygen atoms in total. The Morgan fingerprint density at radius 1 is 0.517 bits per heavy atom. The fraction of sp³-hybridized carbons (Fsp3) is 0.761. The molecule has 1 aliphatic heterocycles. The molecule has 0 amide bonds. The summed E-state index contributed by atoms with van der Waals surface area (Å²) in [5, 5.41) is 8.93. The average molecular weight is 847 g/mol. The van der Waals surface area contributed by atoms with Crippen LogP contribution in [0, 0.1) is 0 Å². The van der Waals surface area contributed by atoms with E-state index < -0.39 is 28.4 Å². The van der Waals surface area contributed by atoms with Crippen LogP contribution in [0.4, 0.5) is 0 Å². The van der Waals surface area contributed by atoms with E-state index in [2.05, 4.69) is 29.2 Å². The summed E-state index contributed by atoms with van der Waals surface area (Å²) in [6, 6.07) is 8.18. The van der Waals surface area contributed by atoms with E-state index in [1.807, 2.05) is 97.8 Å². The zero-order valence-electron chi connectivity index (χ0n) is 39.0. The summed E-state index contributed by atoms with van der Waals surface area (Å²) in [5.74, 6) is -2.24. The largest absolute Gasteiger partial charge is 0.481 e. The molecule has 0 bridgehead atoms. The standard InChI is InChI=1S/C46H78N4O10/c1-43(2,3)57-39(53)31-47-23-24-48(32-40(54)58-44(4,5)6)27-28-50(34-42(56)60-46(10,11)12)37(30-49(26-25-47)33-41(55)59-45(7,8)9)29-36-21-19-35(20-22-36)17-15-13-14-16-18-38(51)52/h19-22,37H,13-18,23-34H2,1-12H3,(H,51,52)/t37-/m0/s1. The van der Waals surface area contributed by atoms with E-state index in [-0.39, 0.29) is 62.5 Å². The second-order valence-electron chi connectivity index (χ2n) is 20.1. The van der Waals surface area contributed by atoms with Gasteiger partial charge in [-0.25, -0.2) is 0 Å². The van der Waals surface area contributed by atoms with Gasteiger partial charge in [-0.2, -0.15) is 0 Å². The van der Waals surface area contributed by atoms with Crippen LogP contribution in [-0.2, 0) is 55.8 Å². The van der Waals surface area contributed by atoms with Gasteiger partial charge < -0.3 is 24.1 Å². The molecule has 14 heteroatoms. The van der Waals surface area contributed by atoms with E-state index in [4.69, 9.17) is 24.1 Å². The normalized spacial score (nSPS) is 17.6. The highest BCUT2D eigenvalue weighted by atomic mass is 16.6. The molecule has 1 heterocycles. The Balaban J connectivity index is 2.56. The van der Waals surface area contributed by atoms with Crippen molar-refractivity contribution in [2.45, 2.75) is 156 Å². The fourth-order valence-electron chi connectivity index (χ4n) is 6.89. The van der Waals surface area contributed by atoms with Crippen molar-refractivity contribution in [3.63, 3.8) is 0 Å². The number of carbonyl (C=O) groups is 5. The predicted molar refractivity (Wildman–Crippen MR) is 233 cm³/mol. The Kier molecular flexibility index (Phi) is 21.2. The van der Waals surface area contributed by atoms with E-state index in [0.29, 0.717) is 58.7 Å². The lowest BCUT2D eigenvalue weighted by molar-refractivity contribution is -0.160. The molecule has 1 saturated heterocycles. The van der Waals surface area contributed by atoms with Crippen molar-refractivity contribution in [1.82, 2.24) is 19.6 Å². The highest BCUT2D eigenvalue weighted by Crippen LogP contribution is 2.18. The van der Waals surface area contributed by atoms with Crippen LogP contribution in [0.3, 0.4) is 0 Å². The Bertz CT molecular complexity index is 1500. The van der Waals surface area contributed by atoms with Gasteiger partial charge in [0.25, 0.3) is 0 Å². The third-order valence-electron chi connectivity index (χ3n) is 9.32. The zero-order chi connectivity index (χ0) is 45.3. The molecule has 2 rings (SSSR count). The van der Waals surface area contributed by atoms with Gasteiger partial charge >= 0.3 is 29.8 Å². The lowest BCUT2D eigenvalue weighted by atomic mass is 9.99. The molecular formula is C46H78N4O10. The smallest absolute Gasteiger partial charge is 0.320 e. The Labute approximate surface area is 360 Å². The summed E-state index contributed by atoms with van der Waals surface area (Å²) in [5.41, 5.74) is -0.478. The van der Waals surface area contributed by atoms with Crippen molar-refractivity contribution in [2.24, 2.45) is 0 Å². The van der Waals surface area contributed by atoms with E-state index in [1.54, 1.807) is 0 Å². The number of aryl methyl sites for hydroxylation is 1. The van der Waals surface area contributed by atoms with Crippen molar-refractivity contribution in [2.75, 3.05) is 72.0 Å². The van der Waals surface area contributed by atoms with Crippen LogP contribution in [0.1, 0.15) is 126 Å². The van der Waals surface area contributed by atoms with E-state index in [9.17, 15) is 24.0 Å². The van der Waals surface area contributed by atoms with Crippen molar-refractivity contribution in [3.8, 4) is 0 Å². The van der Waals surface area contributed by atoms with Crippen molar-refractivity contribution in [3.05, 3.63) is 35.4 Å². The van der Waals surface area contributed by atoms with Crippen molar-refractivity contribution >= 4 is 29.8 Å². The molecule has 1 N–H and O–H groups in total. The Morgan fingerprint density at radius 2 is 0.883 bits per heavy atom. The molecule has 0 radical (unpaired) electrons. The van der Waals surface area contributed by atoms with Gasteiger partial charge in [-0.05, 0) is 120 Å². The maximum absolute atomic E-state index is 13.6. The van der Waals surface area contributed by atoms with Crippen LogP contribution in [0.2, 0.25) is 0 Å². The highest BCUT2D eigenvalue weighted by molar-refractivity contribution is 5.73. The number of carboxylic acids is 1. The number of esters is 4. The summed E-state index contributed by atoms with van der Waals surface area (Å²) in [6.45, 7) is 25.0. The topological polar surface area (TPSA) is 155 Å². The molecule has 0 spiro atoms. The third-order valence-corrected chi connectivity index (χ3v) is 9.32. The molecule has 0 aliphatic carbocycles. The van der Waals surface area contributed by atoms with Gasteiger partial charge in [0.05, 0.1) is 26.2 Å². The molecule has 1 aromatic rings. The first-order chi connectivity index (χ1) is 27.6. The monoisotopic (exact) mass is 847 g/mol. The van der Waals surface area contributed by atoms with E-state index in [0.717, 1.165) is 31.2 Å². The lowest BCUT2D eigenvalue weighted by Crippen LogP contribution is -2.54. The van der Waals surface area contributed by atoms with Crippen molar-refractivity contribution in [1.29, 1.82) is 0 Å². The maximum atomic E-state index is 13.6. The Hall–Kier alpha value is -3.59. The first-order valence-corrected chi connectivity index (χ1v) is 21.7. The average Bonchev–Trinajstić information content (AvgIpc) is 3.05. The summed E-state index contributed by atoms with van der Waals surface area (Å²) in [7, 11) is 0. The van der Waals surface area contributed by atoms with E-state index >= 15 is 0 Å². The maximum Gasteiger partial charge on any atom is 0.320 e. The number of unbranched alkanes of at least 4 members (excludes halogenated alkanes) is 3. The zero-order valence-corrected chi connectivity index (χ0v) is 39.0. The van der Waals surface area contributed by atoms with Crippen LogP contribution in [-0.4, -0.2) is 155 Å². The second kappa shape index (κ2) is 24.2. The Morgan fingerprint density at radius 3 is 1.32 bits per heavy atom. The van der Waals surface area contributed by atoms with Crippen LogP contribution >= 0.6 is 0 Å². The molecule has 0 aromatic heterocycles. The molecule has 1 aromatic carbocycles. The quantitative estimate of drug-likeness (QED) is 0.115. The molecule has 1 atom stereocenters. The van der Waals surface area contributed by atoms with Crippen LogP contribution in [0.15, 0.2) is 24.3 Å². The minimum absolute atomic E-state index is 0.00446. The van der Waals surface area contributed by atoms with Gasteiger partial charge in [-0.1, -0.05) is 37.1 Å². The van der Waals surface area contributed by atoms with Gasteiger partial charge in [0.1, 0.15) is 22.4 Å². The molecule has 1 aliphatic rings. The number of hydrogen-bond donors (Lipinski definition) is 1. The van der Waals surface area contributed by atoms with Gasteiger partial charge in [0.15, 0.2) is 0 Å². The minimum atomic E-state index is -0.761. The van der Waals surface area contributed by atoms with Crippen molar-refractivity contribution < 1.29 is 48.0 Å². The number of rotatable bonds is 17. The first-order valence-electron chi connectivity index (χ1n) is 21.7. The second-order valence-corrected chi connectivity index (χ2v) is 20.1. The van der Waals surface area contributed by atoms with Gasteiger partial charge in [0.2, 0.25) is 0 Å². The predicted octanol–water partition coefficient (Wildman–Crippen LogP) is 5.76. The number of hydrogen-bond acceptors (Lipinski definition) is 13. The summed E-state index contributed by atoms with van der Waals surface area (Å²) in [6.07, 6.45) is 5.13. The molecule has 1 fully saturated rings. The number of carboxylic acid groups (broad SMARTS) is 1. The number of ether oxygens (including phenoxy) is 4. The number of benzene rings is 1. The van der Waals surface area contributed by atoms with E-state index in [1.165, 1.54) is 5.56 Å². The van der Waals surface area contributed by atoms with Gasteiger partial charge in [0, 0.05) is 58.3 Å². The third kappa shape index (κ3) is 25.2. The van der Waals surface area contributed by atoms with Crippen LogP contribution in [0.5, 0.6) is 0 Å². The molecule has 0 unspecified atom stereocenters. The lowest BCUT2D eigenvalue weighted by Gasteiger charge is -2.39. The van der Waals surface area contributed by atoms with Gasteiger partial charge in [-0.15, -0.1) is 0 Å². The number of carbonyl (C=O) groups excluding carboxylic acids is 4. The summed E-state index contributed by atoms with van der Waals surface area (Å²) in [4.78, 5) is 72.5. The molecule has 60 heavy (non-hydrogen) atoms. The minimum Gasteiger partial charge on any atom is -0.481 e. The van der Waals surface area contributed by atoms with Gasteiger partial charge in [-0.3, -0.25) is 43.6 Å². The number of aliphatic carboxylic acids is 1. The fourth-order valence-corrected chi connectivity index (χ4v) is 6.89. The van der Waals surface area contributed by atoms with Crippen LogP contribution < -0.4 is 0 Å². The number of nitrogens with zero attached hydrogens (tertiary/aromatic N) is 4. The first kappa shape index (κ1) is 52.5. The summed E-state index contributed by atoms with van der Waals surface area (Å²) >= 11 is 0. The highest BCUT2D eigenvalue weighted by Gasteiger charge is 2.31. The summed E-state index contributed by atoms with van der Waals surface area (Å²) < 4.78 is 23.1. The molecule has 342 valence electrons.